The second-order valence-corrected chi connectivity index (χ2v) is 5.78. The van der Waals surface area contributed by atoms with E-state index >= 15 is 0 Å². The van der Waals surface area contributed by atoms with Gasteiger partial charge in [-0.15, -0.1) is 0 Å². The van der Waals surface area contributed by atoms with Gasteiger partial charge in [-0.3, -0.25) is 0 Å². The van der Waals surface area contributed by atoms with Gasteiger partial charge in [-0.05, 0) is 36.5 Å². The third kappa shape index (κ3) is 1.25. The summed E-state index contributed by atoms with van der Waals surface area (Å²) >= 11 is 0. The zero-order chi connectivity index (χ0) is 11.4. The van der Waals surface area contributed by atoms with E-state index in [-0.39, 0.29) is 0 Å². The molecule has 1 aromatic rings. The van der Waals surface area contributed by atoms with Crippen LogP contribution in [0.25, 0.3) is 0 Å². The standard InChI is InChI=1S/C15H20N2/c1-10-5-6-11-9-16-7-8-17-13-4-2-3-12(13)14(10)15(11)17/h5-6,12-13,16H,2-4,7-9H2,1H3/t12-,13+/m0/s1. The van der Waals surface area contributed by atoms with Crippen molar-refractivity contribution in [3.05, 3.63) is 28.8 Å². The van der Waals surface area contributed by atoms with Crippen molar-refractivity contribution in [1.82, 2.24) is 5.32 Å². The van der Waals surface area contributed by atoms with Gasteiger partial charge in [-0.1, -0.05) is 18.6 Å². The fourth-order valence-corrected chi connectivity index (χ4v) is 4.22. The predicted molar refractivity (Wildman–Crippen MR) is 70.6 cm³/mol. The molecule has 0 unspecified atom stereocenters. The highest BCUT2D eigenvalue weighted by Gasteiger charge is 2.43. The number of nitrogens with one attached hydrogen (secondary N) is 1. The number of nitrogens with zero attached hydrogens (tertiary/aromatic N) is 1. The van der Waals surface area contributed by atoms with Crippen LogP contribution in [-0.4, -0.2) is 19.1 Å². The third-order valence-corrected chi connectivity index (χ3v) is 4.90. The van der Waals surface area contributed by atoms with Crippen LogP contribution in [0.1, 0.15) is 41.9 Å². The van der Waals surface area contributed by atoms with Crippen LogP contribution in [0.4, 0.5) is 5.69 Å². The van der Waals surface area contributed by atoms with Crippen molar-refractivity contribution in [3.63, 3.8) is 0 Å². The van der Waals surface area contributed by atoms with E-state index in [1.807, 2.05) is 0 Å². The van der Waals surface area contributed by atoms with E-state index in [0.717, 1.165) is 25.0 Å². The fraction of sp³-hybridized carbons (Fsp3) is 0.600. The third-order valence-electron chi connectivity index (χ3n) is 4.90. The summed E-state index contributed by atoms with van der Waals surface area (Å²) < 4.78 is 0. The van der Waals surface area contributed by atoms with E-state index in [9.17, 15) is 0 Å². The van der Waals surface area contributed by atoms with Crippen molar-refractivity contribution >= 4 is 5.69 Å². The maximum atomic E-state index is 3.55. The highest BCUT2D eigenvalue weighted by molar-refractivity contribution is 5.69. The molecule has 1 N–H and O–H groups in total. The molecule has 2 aliphatic heterocycles. The maximum Gasteiger partial charge on any atom is 0.0453 e. The summed E-state index contributed by atoms with van der Waals surface area (Å²) in [6, 6.07) is 5.48. The molecule has 3 aliphatic rings. The lowest BCUT2D eigenvalue weighted by atomic mass is 9.92. The largest absolute Gasteiger partial charge is 0.366 e. The highest BCUT2D eigenvalue weighted by atomic mass is 15.2. The van der Waals surface area contributed by atoms with Gasteiger partial charge in [-0.25, -0.2) is 0 Å². The summed E-state index contributed by atoms with van der Waals surface area (Å²) in [5.74, 6) is 0.836. The Morgan fingerprint density at radius 1 is 1.29 bits per heavy atom. The van der Waals surface area contributed by atoms with Gasteiger partial charge in [0, 0.05) is 37.3 Å². The molecule has 1 aliphatic carbocycles. The van der Waals surface area contributed by atoms with Crippen LogP contribution in [0.5, 0.6) is 0 Å². The molecule has 2 heterocycles. The first-order valence-electron chi connectivity index (χ1n) is 6.96. The number of rotatable bonds is 0. The van der Waals surface area contributed by atoms with E-state index in [4.69, 9.17) is 0 Å². The normalized spacial score (nSPS) is 30.1. The zero-order valence-corrected chi connectivity index (χ0v) is 10.5. The Morgan fingerprint density at radius 3 is 3.18 bits per heavy atom. The molecule has 0 saturated heterocycles. The van der Waals surface area contributed by atoms with Crippen molar-refractivity contribution in [2.75, 3.05) is 18.0 Å². The smallest absolute Gasteiger partial charge is 0.0453 e. The van der Waals surface area contributed by atoms with E-state index in [1.54, 1.807) is 11.3 Å². The monoisotopic (exact) mass is 228 g/mol. The topological polar surface area (TPSA) is 15.3 Å². The van der Waals surface area contributed by atoms with Crippen molar-refractivity contribution in [1.29, 1.82) is 0 Å². The van der Waals surface area contributed by atoms with Crippen molar-refractivity contribution in [2.45, 2.75) is 44.7 Å². The first kappa shape index (κ1) is 9.95. The molecule has 2 atom stereocenters. The Hall–Kier alpha value is -1.02. The Bertz CT molecular complexity index is 466. The van der Waals surface area contributed by atoms with Crippen molar-refractivity contribution in [3.8, 4) is 0 Å². The van der Waals surface area contributed by atoms with Gasteiger partial charge in [-0.2, -0.15) is 0 Å². The van der Waals surface area contributed by atoms with Crippen LogP contribution in [0, 0.1) is 6.92 Å². The van der Waals surface area contributed by atoms with Crippen molar-refractivity contribution in [2.24, 2.45) is 0 Å². The molecule has 1 fully saturated rings. The molecule has 0 spiro atoms. The molecular weight excluding hydrogens is 208 g/mol. The summed E-state index contributed by atoms with van der Waals surface area (Å²) in [6.45, 7) is 5.69. The lowest BCUT2D eigenvalue weighted by Crippen LogP contribution is -2.35. The average Bonchev–Trinajstić information content (AvgIpc) is 2.82. The molecule has 2 nitrogen and oxygen atoms in total. The van der Waals surface area contributed by atoms with Crippen LogP contribution in [0.2, 0.25) is 0 Å². The molecule has 0 bridgehead atoms. The van der Waals surface area contributed by atoms with Crippen molar-refractivity contribution < 1.29 is 0 Å². The van der Waals surface area contributed by atoms with Crippen LogP contribution in [0.15, 0.2) is 12.1 Å². The highest BCUT2D eigenvalue weighted by Crippen LogP contribution is 2.51. The maximum absolute atomic E-state index is 3.55. The molecule has 0 aromatic heterocycles. The molecule has 1 aromatic carbocycles. The number of hydrogen-bond donors (Lipinski definition) is 1. The first-order chi connectivity index (χ1) is 8.36. The van der Waals surface area contributed by atoms with Gasteiger partial charge in [0.25, 0.3) is 0 Å². The van der Waals surface area contributed by atoms with Gasteiger partial charge in [0.15, 0.2) is 0 Å². The van der Waals surface area contributed by atoms with Crippen LogP contribution < -0.4 is 10.2 Å². The Kier molecular flexibility index (Phi) is 2.04. The minimum Gasteiger partial charge on any atom is -0.366 e. The van der Waals surface area contributed by atoms with Gasteiger partial charge in [0.1, 0.15) is 0 Å². The van der Waals surface area contributed by atoms with E-state index in [2.05, 4.69) is 29.3 Å². The summed E-state index contributed by atoms with van der Waals surface area (Å²) in [6.07, 6.45) is 4.23. The van der Waals surface area contributed by atoms with Crippen LogP contribution in [-0.2, 0) is 6.54 Å². The molecule has 0 radical (unpaired) electrons. The van der Waals surface area contributed by atoms with Gasteiger partial charge in [0.05, 0.1) is 0 Å². The van der Waals surface area contributed by atoms with E-state index in [1.165, 1.54) is 36.9 Å². The van der Waals surface area contributed by atoms with Gasteiger partial charge < -0.3 is 10.2 Å². The molecule has 2 heteroatoms. The number of fused-ring (bicyclic) bond motifs is 3. The SMILES string of the molecule is Cc1ccc2c3c1[C@H]1CCC[C@H]1N3CCNC2. The summed E-state index contributed by atoms with van der Waals surface area (Å²) in [5.41, 5.74) is 6.33. The number of benzene rings is 1. The Morgan fingerprint density at radius 2 is 2.24 bits per heavy atom. The quantitative estimate of drug-likeness (QED) is 0.734. The number of hydrogen-bond acceptors (Lipinski definition) is 2. The average molecular weight is 228 g/mol. The second kappa shape index (κ2) is 3.49. The van der Waals surface area contributed by atoms with Crippen LogP contribution in [0.3, 0.4) is 0 Å². The molecule has 1 saturated carbocycles. The summed E-state index contributed by atoms with van der Waals surface area (Å²) in [5, 5.41) is 3.55. The molecule has 0 amide bonds. The van der Waals surface area contributed by atoms with E-state index in [0.29, 0.717) is 0 Å². The predicted octanol–water partition coefficient (Wildman–Crippen LogP) is 2.55. The lowest BCUT2D eigenvalue weighted by Gasteiger charge is -2.26. The molecular formula is C15H20N2. The molecule has 90 valence electrons. The molecule has 4 rings (SSSR count). The number of anilines is 1. The zero-order valence-electron chi connectivity index (χ0n) is 10.5. The van der Waals surface area contributed by atoms with Gasteiger partial charge >= 0.3 is 0 Å². The van der Waals surface area contributed by atoms with Crippen LogP contribution >= 0.6 is 0 Å². The Labute approximate surface area is 103 Å². The summed E-state index contributed by atoms with van der Waals surface area (Å²) in [7, 11) is 0. The lowest BCUT2D eigenvalue weighted by molar-refractivity contribution is 0.577. The molecule has 17 heavy (non-hydrogen) atoms. The number of aryl methyl sites for hydroxylation is 1. The first-order valence-corrected chi connectivity index (χ1v) is 6.96. The fourth-order valence-electron chi connectivity index (χ4n) is 4.22. The second-order valence-electron chi connectivity index (χ2n) is 5.78. The minimum atomic E-state index is 0.810. The summed E-state index contributed by atoms with van der Waals surface area (Å²) in [4.78, 5) is 2.72. The Balaban J connectivity index is 1.96. The minimum absolute atomic E-state index is 0.810. The van der Waals surface area contributed by atoms with Gasteiger partial charge in [0.2, 0.25) is 0 Å². The van der Waals surface area contributed by atoms with E-state index < -0.39 is 0 Å².